The first kappa shape index (κ1) is 20.0. The SMILES string of the molecule is CC(C)n1cnnc1-c1cccc(NC(=O)c2cccc(C(=O)Nc3ccco3)c2)n1. The average Bonchev–Trinajstić information content (AvgIpc) is 3.46. The normalized spacial score (nSPS) is 10.8. The third-order valence-electron chi connectivity index (χ3n) is 4.49. The second-order valence-electron chi connectivity index (χ2n) is 7.03. The number of nitrogens with zero attached hydrogens (tertiary/aromatic N) is 4. The van der Waals surface area contributed by atoms with Crippen LogP contribution in [0.25, 0.3) is 11.5 Å². The van der Waals surface area contributed by atoms with Crippen LogP contribution in [0.15, 0.2) is 71.6 Å². The number of carbonyl (C=O) groups is 2. The van der Waals surface area contributed by atoms with E-state index in [0.29, 0.717) is 34.3 Å². The van der Waals surface area contributed by atoms with Gasteiger partial charge in [-0.1, -0.05) is 12.1 Å². The zero-order valence-electron chi connectivity index (χ0n) is 16.9. The molecule has 0 saturated heterocycles. The molecule has 0 unspecified atom stereocenters. The van der Waals surface area contributed by atoms with Crippen molar-refractivity contribution in [3.8, 4) is 11.5 Å². The van der Waals surface area contributed by atoms with Crippen molar-refractivity contribution in [1.82, 2.24) is 19.7 Å². The Balaban J connectivity index is 1.51. The summed E-state index contributed by atoms with van der Waals surface area (Å²) in [5.74, 6) is 0.546. The highest BCUT2D eigenvalue weighted by Crippen LogP contribution is 2.20. The topological polar surface area (TPSA) is 115 Å². The average molecular weight is 416 g/mol. The van der Waals surface area contributed by atoms with Gasteiger partial charge in [0, 0.05) is 23.2 Å². The summed E-state index contributed by atoms with van der Waals surface area (Å²) in [5.41, 5.74) is 1.25. The molecule has 0 saturated carbocycles. The first-order chi connectivity index (χ1) is 15.0. The van der Waals surface area contributed by atoms with E-state index >= 15 is 0 Å². The Morgan fingerprint density at radius 1 is 0.968 bits per heavy atom. The van der Waals surface area contributed by atoms with Crippen LogP contribution in [0.1, 0.15) is 40.6 Å². The van der Waals surface area contributed by atoms with Crippen LogP contribution in [0.5, 0.6) is 0 Å². The molecule has 0 spiro atoms. The van der Waals surface area contributed by atoms with Gasteiger partial charge < -0.3 is 14.3 Å². The lowest BCUT2D eigenvalue weighted by molar-refractivity contribution is 0.102. The van der Waals surface area contributed by atoms with Gasteiger partial charge in [-0.05, 0) is 50.2 Å². The third kappa shape index (κ3) is 4.50. The second kappa shape index (κ2) is 8.62. The van der Waals surface area contributed by atoms with E-state index in [4.69, 9.17) is 4.42 Å². The summed E-state index contributed by atoms with van der Waals surface area (Å²) in [7, 11) is 0. The molecule has 1 aromatic carbocycles. The van der Waals surface area contributed by atoms with Gasteiger partial charge in [-0.25, -0.2) is 4.98 Å². The first-order valence-electron chi connectivity index (χ1n) is 9.64. The largest absolute Gasteiger partial charge is 0.449 e. The van der Waals surface area contributed by atoms with E-state index in [9.17, 15) is 9.59 Å². The Kier molecular flexibility index (Phi) is 5.57. The molecule has 31 heavy (non-hydrogen) atoms. The first-order valence-corrected chi connectivity index (χ1v) is 9.64. The molecule has 0 aliphatic heterocycles. The number of benzene rings is 1. The van der Waals surface area contributed by atoms with Gasteiger partial charge in [0.2, 0.25) is 0 Å². The minimum absolute atomic E-state index is 0.167. The van der Waals surface area contributed by atoms with Crippen LogP contribution in [0.4, 0.5) is 11.7 Å². The van der Waals surface area contributed by atoms with Crippen molar-refractivity contribution in [3.05, 3.63) is 78.3 Å². The number of hydrogen-bond acceptors (Lipinski definition) is 6. The molecule has 156 valence electrons. The summed E-state index contributed by atoms with van der Waals surface area (Å²) in [6.07, 6.45) is 3.11. The Hall–Kier alpha value is -4.27. The lowest BCUT2D eigenvalue weighted by Crippen LogP contribution is -2.16. The molecule has 9 nitrogen and oxygen atoms in total. The van der Waals surface area contributed by atoms with Crippen molar-refractivity contribution in [2.45, 2.75) is 19.9 Å². The van der Waals surface area contributed by atoms with Gasteiger partial charge in [0.1, 0.15) is 17.8 Å². The van der Waals surface area contributed by atoms with Crippen molar-refractivity contribution < 1.29 is 14.0 Å². The summed E-state index contributed by atoms with van der Waals surface area (Å²) < 4.78 is 7.01. The molecule has 0 radical (unpaired) electrons. The molecule has 0 aliphatic rings. The highest BCUT2D eigenvalue weighted by Gasteiger charge is 2.15. The van der Waals surface area contributed by atoms with E-state index in [0.717, 1.165) is 0 Å². The number of carbonyl (C=O) groups excluding carboxylic acids is 2. The van der Waals surface area contributed by atoms with Gasteiger partial charge in [0.05, 0.1) is 6.26 Å². The highest BCUT2D eigenvalue weighted by atomic mass is 16.3. The van der Waals surface area contributed by atoms with Crippen molar-refractivity contribution >= 4 is 23.5 Å². The number of aromatic nitrogens is 4. The van der Waals surface area contributed by atoms with Crippen LogP contribution >= 0.6 is 0 Å². The van der Waals surface area contributed by atoms with Gasteiger partial charge in [0.15, 0.2) is 11.7 Å². The Morgan fingerprint density at radius 2 is 1.71 bits per heavy atom. The monoisotopic (exact) mass is 416 g/mol. The summed E-state index contributed by atoms with van der Waals surface area (Å²) >= 11 is 0. The van der Waals surface area contributed by atoms with E-state index in [1.165, 1.54) is 12.3 Å². The second-order valence-corrected chi connectivity index (χ2v) is 7.03. The molecular weight excluding hydrogens is 396 g/mol. The summed E-state index contributed by atoms with van der Waals surface area (Å²) in [6, 6.07) is 15.1. The molecule has 2 amide bonds. The molecule has 3 heterocycles. The minimum Gasteiger partial charge on any atom is -0.449 e. The van der Waals surface area contributed by atoms with Gasteiger partial charge in [-0.15, -0.1) is 10.2 Å². The third-order valence-corrected chi connectivity index (χ3v) is 4.49. The molecule has 0 atom stereocenters. The highest BCUT2D eigenvalue weighted by molar-refractivity contribution is 6.08. The van der Waals surface area contributed by atoms with E-state index in [1.807, 2.05) is 18.4 Å². The maximum Gasteiger partial charge on any atom is 0.257 e. The summed E-state index contributed by atoms with van der Waals surface area (Å²) in [6.45, 7) is 4.04. The smallest absolute Gasteiger partial charge is 0.257 e. The van der Waals surface area contributed by atoms with E-state index in [-0.39, 0.29) is 17.9 Å². The van der Waals surface area contributed by atoms with E-state index < -0.39 is 0 Å². The van der Waals surface area contributed by atoms with Crippen LogP contribution in [-0.2, 0) is 0 Å². The van der Waals surface area contributed by atoms with Crippen LogP contribution in [0, 0.1) is 0 Å². The number of anilines is 2. The molecule has 2 N–H and O–H groups in total. The van der Waals surface area contributed by atoms with Crippen molar-refractivity contribution in [2.24, 2.45) is 0 Å². The number of rotatable bonds is 6. The van der Waals surface area contributed by atoms with Crippen molar-refractivity contribution in [2.75, 3.05) is 10.6 Å². The van der Waals surface area contributed by atoms with Crippen LogP contribution < -0.4 is 10.6 Å². The Bertz CT molecular complexity index is 1210. The fourth-order valence-electron chi connectivity index (χ4n) is 2.96. The lowest BCUT2D eigenvalue weighted by Gasteiger charge is -2.11. The standard InChI is InChI=1S/C22H20N6O3/c1-14(2)28-13-23-27-20(28)17-8-4-9-18(24-17)25-21(29)15-6-3-7-16(12-15)22(30)26-19-10-5-11-31-19/h3-14H,1-2H3,(H,26,30)(H,24,25,29). The fourth-order valence-corrected chi connectivity index (χ4v) is 2.96. The van der Waals surface area contributed by atoms with Crippen molar-refractivity contribution in [1.29, 1.82) is 0 Å². The molecule has 4 aromatic rings. The number of amides is 2. The zero-order chi connectivity index (χ0) is 21.8. The predicted octanol–water partition coefficient (Wildman–Crippen LogP) is 4.02. The molecule has 4 rings (SSSR count). The quantitative estimate of drug-likeness (QED) is 0.491. The van der Waals surface area contributed by atoms with E-state index in [1.54, 1.807) is 54.9 Å². The fraction of sp³-hybridized carbons (Fsp3) is 0.136. The van der Waals surface area contributed by atoms with Gasteiger partial charge >= 0.3 is 0 Å². The number of furan rings is 1. The number of hydrogen-bond donors (Lipinski definition) is 2. The van der Waals surface area contributed by atoms with Crippen LogP contribution in [0.3, 0.4) is 0 Å². The molecule has 3 aromatic heterocycles. The lowest BCUT2D eigenvalue weighted by atomic mass is 10.1. The summed E-state index contributed by atoms with van der Waals surface area (Å²) in [5, 5.41) is 13.5. The maximum absolute atomic E-state index is 12.7. The maximum atomic E-state index is 12.7. The number of nitrogens with one attached hydrogen (secondary N) is 2. The van der Waals surface area contributed by atoms with Crippen molar-refractivity contribution in [3.63, 3.8) is 0 Å². The predicted molar refractivity (Wildman–Crippen MR) is 115 cm³/mol. The molecule has 0 fully saturated rings. The molecular formula is C22H20N6O3. The zero-order valence-corrected chi connectivity index (χ0v) is 16.9. The van der Waals surface area contributed by atoms with Crippen LogP contribution in [0.2, 0.25) is 0 Å². The molecule has 9 heteroatoms. The Morgan fingerprint density at radius 3 is 2.42 bits per heavy atom. The van der Waals surface area contributed by atoms with E-state index in [2.05, 4.69) is 25.8 Å². The van der Waals surface area contributed by atoms with Crippen LogP contribution in [-0.4, -0.2) is 31.6 Å². The molecule has 0 bridgehead atoms. The number of pyridine rings is 1. The molecule has 0 aliphatic carbocycles. The summed E-state index contributed by atoms with van der Waals surface area (Å²) in [4.78, 5) is 29.6. The van der Waals surface area contributed by atoms with Gasteiger partial charge in [0.25, 0.3) is 11.8 Å². The minimum atomic E-state index is -0.386. The van der Waals surface area contributed by atoms with Gasteiger partial charge in [-0.2, -0.15) is 0 Å². The Labute approximate surface area is 178 Å². The van der Waals surface area contributed by atoms with Gasteiger partial charge in [-0.3, -0.25) is 14.9 Å².